The number of benzene rings is 1. The molecule has 1 saturated heterocycles. The molecule has 114 valence electrons. The Morgan fingerprint density at radius 3 is 2.81 bits per heavy atom. The lowest BCUT2D eigenvalue weighted by Gasteiger charge is -2.37. The number of hydrogen-bond acceptors (Lipinski definition) is 3. The van der Waals surface area contributed by atoms with Crippen molar-refractivity contribution in [3.8, 4) is 0 Å². The van der Waals surface area contributed by atoms with Gasteiger partial charge in [0.25, 0.3) is 0 Å². The van der Waals surface area contributed by atoms with Gasteiger partial charge in [0.15, 0.2) is 0 Å². The normalized spacial score (nSPS) is 27.0. The topological polar surface area (TPSA) is 43.8 Å². The first kappa shape index (κ1) is 14.5. The highest BCUT2D eigenvalue weighted by molar-refractivity contribution is 5.73. The molecule has 1 amide bonds. The summed E-state index contributed by atoms with van der Waals surface area (Å²) in [5.41, 5.74) is 2.57. The van der Waals surface area contributed by atoms with Crippen LogP contribution in [0.25, 0.3) is 0 Å². The molecule has 1 N–H and O–H groups in total. The smallest absolute Gasteiger partial charge is 0.219 e. The molecule has 21 heavy (non-hydrogen) atoms. The van der Waals surface area contributed by atoms with Gasteiger partial charge in [-0.2, -0.15) is 0 Å². The molecule has 4 heteroatoms. The van der Waals surface area contributed by atoms with Crippen molar-refractivity contribution in [3.05, 3.63) is 35.4 Å². The second-order valence-electron chi connectivity index (χ2n) is 6.23. The molecule has 4 nitrogen and oxygen atoms in total. The lowest BCUT2D eigenvalue weighted by atomic mass is 9.95. The Labute approximate surface area is 126 Å². The zero-order valence-corrected chi connectivity index (χ0v) is 12.7. The Hall–Kier alpha value is -1.39. The lowest BCUT2D eigenvalue weighted by Crippen LogP contribution is -2.41. The molecule has 2 aliphatic heterocycles. The van der Waals surface area contributed by atoms with Crippen LogP contribution in [0.5, 0.6) is 0 Å². The molecule has 1 fully saturated rings. The van der Waals surface area contributed by atoms with Crippen LogP contribution in [0.15, 0.2) is 24.3 Å². The third kappa shape index (κ3) is 3.11. The second kappa shape index (κ2) is 6.16. The predicted octanol–water partition coefficient (Wildman–Crippen LogP) is 1.94. The minimum atomic E-state index is -0.210. The molecule has 2 aliphatic rings. The van der Waals surface area contributed by atoms with Crippen molar-refractivity contribution in [3.63, 3.8) is 0 Å². The number of hydrogen-bond donors (Lipinski definition) is 1. The van der Waals surface area contributed by atoms with Gasteiger partial charge in [-0.05, 0) is 36.9 Å². The summed E-state index contributed by atoms with van der Waals surface area (Å²) in [6.07, 6.45) is 2.70. The number of carbonyl (C=O) groups is 1. The maximum atomic E-state index is 11.8. The number of aliphatic hydroxyl groups is 1. The van der Waals surface area contributed by atoms with Crippen LogP contribution >= 0.6 is 0 Å². The van der Waals surface area contributed by atoms with Crippen LogP contribution in [0, 0.1) is 0 Å². The fourth-order valence-electron chi connectivity index (χ4n) is 3.64. The van der Waals surface area contributed by atoms with Gasteiger partial charge in [0, 0.05) is 32.6 Å². The van der Waals surface area contributed by atoms with E-state index in [4.69, 9.17) is 0 Å². The monoisotopic (exact) mass is 288 g/mol. The minimum Gasteiger partial charge on any atom is -0.392 e. The van der Waals surface area contributed by atoms with Gasteiger partial charge in [0.05, 0.1) is 6.10 Å². The fourth-order valence-corrected chi connectivity index (χ4v) is 3.64. The van der Waals surface area contributed by atoms with Gasteiger partial charge in [-0.25, -0.2) is 0 Å². The highest BCUT2D eigenvalue weighted by atomic mass is 16.3. The van der Waals surface area contributed by atoms with Crippen LogP contribution in [0.4, 0.5) is 0 Å². The van der Waals surface area contributed by atoms with Gasteiger partial charge < -0.3 is 10.0 Å². The van der Waals surface area contributed by atoms with E-state index in [0.29, 0.717) is 12.6 Å². The van der Waals surface area contributed by atoms with Gasteiger partial charge in [-0.1, -0.05) is 24.3 Å². The number of aliphatic hydroxyl groups excluding tert-OH is 1. The van der Waals surface area contributed by atoms with E-state index < -0.39 is 0 Å². The molecule has 0 spiro atoms. The molecule has 0 saturated carbocycles. The summed E-state index contributed by atoms with van der Waals surface area (Å²) < 4.78 is 0. The number of amides is 1. The summed E-state index contributed by atoms with van der Waals surface area (Å²) in [6, 6.07) is 8.76. The van der Waals surface area contributed by atoms with Crippen molar-refractivity contribution < 1.29 is 9.90 Å². The van der Waals surface area contributed by atoms with E-state index in [1.54, 1.807) is 6.92 Å². The highest BCUT2D eigenvalue weighted by Gasteiger charge is 2.30. The van der Waals surface area contributed by atoms with E-state index in [-0.39, 0.29) is 12.0 Å². The van der Waals surface area contributed by atoms with Crippen LogP contribution in [0.2, 0.25) is 0 Å². The van der Waals surface area contributed by atoms with E-state index in [2.05, 4.69) is 23.1 Å². The Morgan fingerprint density at radius 1 is 1.24 bits per heavy atom. The fraction of sp³-hybridized carbons (Fsp3) is 0.588. The van der Waals surface area contributed by atoms with Crippen molar-refractivity contribution in [1.82, 2.24) is 9.80 Å². The largest absolute Gasteiger partial charge is 0.392 e. The number of carbonyl (C=O) groups excluding carboxylic acids is 1. The van der Waals surface area contributed by atoms with Gasteiger partial charge in [0.1, 0.15) is 0 Å². The Kier molecular flexibility index (Phi) is 4.27. The highest BCUT2D eigenvalue weighted by Crippen LogP contribution is 2.33. The van der Waals surface area contributed by atoms with E-state index in [1.807, 2.05) is 11.0 Å². The number of nitrogens with zero attached hydrogens (tertiary/aromatic N) is 2. The van der Waals surface area contributed by atoms with Crippen molar-refractivity contribution in [1.29, 1.82) is 0 Å². The molecule has 0 aromatic heterocycles. The van der Waals surface area contributed by atoms with Crippen LogP contribution in [0.1, 0.15) is 43.4 Å². The van der Waals surface area contributed by atoms with Crippen molar-refractivity contribution in [2.45, 2.75) is 44.9 Å². The molecule has 0 aliphatic carbocycles. The summed E-state index contributed by atoms with van der Waals surface area (Å²) in [4.78, 5) is 16.1. The molecule has 2 heterocycles. The average Bonchev–Trinajstić information content (AvgIpc) is 2.67. The molecule has 2 atom stereocenters. The Balaban J connectivity index is 1.89. The molecule has 3 rings (SSSR count). The SMILES string of the molecule is CC(=O)N1CC[C@@H](N2CCC[C@@H](O)C2)c2ccccc2C1. The average molecular weight is 288 g/mol. The number of likely N-dealkylation sites (tertiary alicyclic amines) is 1. The van der Waals surface area contributed by atoms with Gasteiger partial charge in [0.2, 0.25) is 5.91 Å². The molecular formula is C17H24N2O2. The number of piperidine rings is 1. The van der Waals surface area contributed by atoms with Crippen LogP contribution in [-0.4, -0.2) is 46.6 Å². The van der Waals surface area contributed by atoms with E-state index >= 15 is 0 Å². The first-order valence-corrected chi connectivity index (χ1v) is 7.90. The molecular weight excluding hydrogens is 264 g/mol. The third-order valence-electron chi connectivity index (χ3n) is 4.76. The Bertz CT molecular complexity index is 517. The first-order chi connectivity index (χ1) is 10.1. The van der Waals surface area contributed by atoms with Crippen LogP contribution in [-0.2, 0) is 11.3 Å². The summed E-state index contributed by atoms with van der Waals surface area (Å²) in [6.45, 7) is 4.93. The van der Waals surface area contributed by atoms with Crippen LogP contribution in [0.3, 0.4) is 0 Å². The summed E-state index contributed by atoms with van der Waals surface area (Å²) in [7, 11) is 0. The number of β-amino-alcohol motifs (C(OH)–C–C–N with tert-alkyl or cyclic N) is 1. The predicted molar refractivity (Wildman–Crippen MR) is 81.7 cm³/mol. The van der Waals surface area contributed by atoms with Crippen LogP contribution < -0.4 is 0 Å². The molecule has 0 unspecified atom stereocenters. The van der Waals surface area contributed by atoms with E-state index in [9.17, 15) is 9.90 Å². The maximum absolute atomic E-state index is 11.8. The zero-order chi connectivity index (χ0) is 14.8. The van der Waals surface area contributed by atoms with Gasteiger partial charge in [-0.15, -0.1) is 0 Å². The summed E-state index contributed by atoms with van der Waals surface area (Å²) in [5, 5.41) is 9.96. The number of rotatable bonds is 1. The van der Waals surface area contributed by atoms with E-state index in [1.165, 1.54) is 11.1 Å². The van der Waals surface area contributed by atoms with Crippen molar-refractivity contribution in [2.24, 2.45) is 0 Å². The van der Waals surface area contributed by atoms with Gasteiger partial charge in [-0.3, -0.25) is 9.69 Å². The van der Waals surface area contributed by atoms with Gasteiger partial charge >= 0.3 is 0 Å². The van der Waals surface area contributed by atoms with Crippen molar-refractivity contribution in [2.75, 3.05) is 19.6 Å². The summed E-state index contributed by atoms with van der Waals surface area (Å²) in [5.74, 6) is 0.143. The molecule has 0 radical (unpaired) electrons. The third-order valence-corrected chi connectivity index (χ3v) is 4.76. The van der Waals surface area contributed by atoms with Crippen molar-refractivity contribution >= 4 is 5.91 Å². The summed E-state index contributed by atoms with van der Waals surface area (Å²) >= 11 is 0. The molecule has 1 aromatic carbocycles. The lowest BCUT2D eigenvalue weighted by molar-refractivity contribution is -0.129. The van der Waals surface area contributed by atoms with E-state index in [0.717, 1.165) is 38.9 Å². The maximum Gasteiger partial charge on any atom is 0.219 e. The quantitative estimate of drug-likeness (QED) is 0.859. The standard InChI is InChI=1S/C17H24N2O2/c1-13(20)18-10-8-17(19-9-4-6-15(21)12-19)16-7-3-2-5-14(16)11-18/h2-3,5,7,15,17,21H,4,6,8-12H2,1H3/t15-,17-/m1/s1. The number of fused-ring (bicyclic) bond motifs is 1. The molecule has 1 aromatic rings. The zero-order valence-electron chi connectivity index (χ0n) is 12.7. The minimum absolute atomic E-state index is 0.143. The molecule has 0 bridgehead atoms. The first-order valence-electron chi connectivity index (χ1n) is 7.90. The second-order valence-corrected chi connectivity index (χ2v) is 6.23. The Morgan fingerprint density at radius 2 is 2.05 bits per heavy atom.